The van der Waals surface area contributed by atoms with Crippen LogP contribution in [0.3, 0.4) is 0 Å². The van der Waals surface area contributed by atoms with E-state index in [1.807, 2.05) is 36.9 Å². The number of nitrogens with zero attached hydrogens (tertiary/aromatic N) is 1. The van der Waals surface area contributed by atoms with Gasteiger partial charge in [0.25, 0.3) is 0 Å². The second-order valence-corrected chi connectivity index (χ2v) is 7.34. The molecule has 1 aliphatic heterocycles. The molecule has 3 rings (SSSR count). The van der Waals surface area contributed by atoms with Crippen LogP contribution in [-0.4, -0.2) is 29.8 Å². The highest BCUT2D eigenvalue weighted by molar-refractivity contribution is 5.94. The number of amides is 2. The summed E-state index contributed by atoms with van der Waals surface area (Å²) < 4.78 is 0. The van der Waals surface area contributed by atoms with E-state index < -0.39 is 0 Å². The molecule has 1 aromatic rings. The lowest BCUT2D eigenvalue weighted by molar-refractivity contribution is -0.136. The molecular weight excluding hydrogens is 300 g/mol. The molecule has 1 saturated heterocycles. The molecule has 0 bridgehead atoms. The van der Waals surface area contributed by atoms with Crippen LogP contribution in [0.15, 0.2) is 18.2 Å². The van der Waals surface area contributed by atoms with Gasteiger partial charge in [0.1, 0.15) is 0 Å². The largest absolute Gasteiger partial charge is 0.342 e. The van der Waals surface area contributed by atoms with Gasteiger partial charge >= 0.3 is 0 Å². The zero-order valence-electron chi connectivity index (χ0n) is 14.8. The lowest BCUT2D eigenvalue weighted by Crippen LogP contribution is -2.37. The summed E-state index contributed by atoms with van der Waals surface area (Å²) in [6.45, 7) is 5.89. The van der Waals surface area contributed by atoms with Gasteiger partial charge in [0.05, 0.1) is 0 Å². The van der Waals surface area contributed by atoms with Crippen molar-refractivity contribution < 1.29 is 9.59 Å². The Morgan fingerprint density at radius 3 is 2.08 bits per heavy atom. The highest BCUT2D eigenvalue weighted by Crippen LogP contribution is 2.32. The van der Waals surface area contributed by atoms with Crippen LogP contribution in [-0.2, 0) is 9.59 Å². The van der Waals surface area contributed by atoms with E-state index >= 15 is 0 Å². The Kier molecular flexibility index (Phi) is 5.22. The fourth-order valence-electron chi connectivity index (χ4n) is 4.04. The topological polar surface area (TPSA) is 49.4 Å². The molecule has 2 fully saturated rings. The van der Waals surface area contributed by atoms with Crippen LogP contribution in [0.2, 0.25) is 0 Å². The third-order valence-electron chi connectivity index (χ3n) is 5.59. The molecule has 2 amide bonds. The molecule has 0 radical (unpaired) electrons. The van der Waals surface area contributed by atoms with E-state index in [4.69, 9.17) is 0 Å². The van der Waals surface area contributed by atoms with E-state index in [2.05, 4.69) is 5.32 Å². The van der Waals surface area contributed by atoms with Gasteiger partial charge in [0.15, 0.2) is 0 Å². The number of rotatable bonds is 3. The quantitative estimate of drug-likeness (QED) is 0.920. The summed E-state index contributed by atoms with van der Waals surface area (Å²) >= 11 is 0. The Bertz CT molecular complexity index is 592. The number of carbonyl (C=O) groups excluding carboxylic acids is 2. The normalized spacial score (nSPS) is 24.0. The minimum absolute atomic E-state index is 0.0339. The second-order valence-electron chi connectivity index (χ2n) is 7.34. The van der Waals surface area contributed by atoms with Crippen LogP contribution >= 0.6 is 0 Å². The lowest BCUT2D eigenvalue weighted by Gasteiger charge is -2.30. The van der Waals surface area contributed by atoms with Crippen molar-refractivity contribution in [3.8, 4) is 0 Å². The third kappa shape index (κ3) is 3.63. The summed E-state index contributed by atoms with van der Waals surface area (Å²) in [6, 6.07) is 6.05. The zero-order chi connectivity index (χ0) is 17.1. The molecule has 0 unspecified atom stereocenters. The lowest BCUT2D eigenvalue weighted by atomic mass is 9.81. The van der Waals surface area contributed by atoms with Crippen molar-refractivity contribution in [3.63, 3.8) is 0 Å². The smallest absolute Gasteiger partial charge is 0.227 e. The first-order chi connectivity index (χ1) is 11.6. The molecule has 1 aliphatic carbocycles. The predicted octanol–water partition coefficient (Wildman–Crippen LogP) is 3.67. The molecule has 1 heterocycles. The monoisotopic (exact) mass is 328 g/mol. The van der Waals surface area contributed by atoms with E-state index in [-0.39, 0.29) is 17.7 Å². The van der Waals surface area contributed by atoms with E-state index in [0.29, 0.717) is 5.91 Å². The molecule has 1 saturated carbocycles. The summed E-state index contributed by atoms with van der Waals surface area (Å²) in [6.07, 6.45) is 5.61. The molecule has 0 aromatic heterocycles. The molecule has 4 nitrogen and oxygen atoms in total. The fraction of sp³-hybridized carbons (Fsp3) is 0.600. The number of hydrogen-bond acceptors (Lipinski definition) is 2. The van der Waals surface area contributed by atoms with Crippen molar-refractivity contribution in [2.24, 2.45) is 11.8 Å². The number of likely N-dealkylation sites (tertiary alicyclic amines) is 1. The van der Waals surface area contributed by atoms with Crippen molar-refractivity contribution >= 4 is 17.5 Å². The third-order valence-corrected chi connectivity index (χ3v) is 5.59. The maximum Gasteiger partial charge on any atom is 0.227 e. The highest BCUT2D eigenvalue weighted by Gasteiger charge is 2.33. The van der Waals surface area contributed by atoms with Gasteiger partial charge in [-0.1, -0.05) is 18.2 Å². The van der Waals surface area contributed by atoms with Crippen LogP contribution in [0.1, 0.15) is 49.7 Å². The molecule has 0 atom stereocenters. The second kappa shape index (κ2) is 7.37. The first-order valence-corrected chi connectivity index (χ1v) is 9.22. The van der Waals surface area contributed by atoms with E-state index in [1.54, 1.807) is 0 Å². The first kappa shape index (κ1) is 17.0. The SMILES string of the molecule is Cc1cccc(C)c1NC(=O)C1CCC(C(=O)N2CCCC2)CC1. The van der Waals surface area contributed by atoms with Crippen molar-refractivity contribution in [2.75, 3.05) is 18.4 Å². The number of aryl methyl sites for hydroxylation is 2. The van der Waals surface area contributed by atoms with Crippen molar-refractivity contribution in [1.82, 2.24) is 4.90 Å². The Labute approximate surface area is 144 Å². The van der Waals surface area contributed by atoms with Crippen molar-refractivity contribution in [1.29, 1.82) is 0 Å². The average molecular weight is 328 g/mol. The number of benzene rings is 1. The standard InChI is InChI=1S/C20H28N2O2/c1-14-6-5-7-15(2)18(14)21-19(23)16-8-10-17(11-9-16)20(24)22-12-3-4-13-22/h5-7,16-17H,3-4,8-13H2,1-2H3,(H,21,23). The maximum absolute atomic E-state index is 12.6. The summed E-state index contributed by atoms with van der Waals surface area (Å²) in [4.78, 5) is 27.1. The van der Waals surface area contributed by atoms with Crippen LogP contribution in [0.5, 0.6) is 0 Å². The van der Waals surface area contributed by atoms with Gasteiger partial charge in [-0.05, 0) is 63.5 Å². The Morgan fingerprint density at radius 2 is 1.50 bits per heavy atom. The maximum atomic E-state index is 12.6. The molecule has 2 aliphatic rings. The van der Waals surface area contributed by atoms with Crippen LogP contribution < -0.4 is 5.32 Å². The van der Waals surface area contributed by atoms with Gasteiger partial charge in [-0.2, -0.15) is 0 Å². The predicted molar refractivity (Wildman–Crippen MR) is 95.8 cm³/mol. The van der Waals surface area contributed by atoms with Gasteiger partial charge in [-0.3, -0.25) is 9.59 Å². The van der Waals surface area contributed by atoms with Crippen LogP contribution in [0.4, 0.5) is 5.69 Å². The first-order valence-electron chi connectivity index (χ1n) is 9.22. The Morgan fingerprint density at radius 1 is 0.958 bits per heavy atom. The summed E-state index contributed by atoms with van der Waals surface area (Å²) in [5.41, 5.74) is 3.14. The number of nitrogens with one attached hydrogen (secondary N) is 1. The fourth-order valence-corrected chi connectivity index (χ4v) is 4.04. The van der Waals surface area contributed by atoms with E-state index in [1.165, 1.54) is 0 Å². The molecule has 24 heavy (non-hydrogen) atoms. The summed E-state index contributed by atoms with van der Waals surface area (Å²) in [7, 11) is 0. The van der Waals surface area contributed by atoms with Gasteiger partial charge in [0, 0.05) is 30.6 Å². The molecule has 0 spiro atoms. The molecule has 1 N–H and O–H groups in total. The number of anilines is 1. The molecule has 1 aromatic carbocycles. The van der Waals surface area contributed by atoms with Crippen LogP contribution in [0.25, 0.3) is 0 Å². The van der Waals surface area contributed by atoms with Gasteiger partial charge in [-0.25, -0.2) is 0 Å². The van der Waals surface area contributed by atoms with E-state index in [0.717, 1.165) is 68.4 Å². The molecule has 4 heteroatoms. The summed E-state index contributed by atoms with van der Waals surface area (Å²) in [5.74, 6) is 0.597. The Hall–Kier alpha value is -1.84. The zero-order valence-corrected chi connectivity index (χ0v) is 14.8. The Balaban J connectivity index is 1.54. The van der Waals surface area contributed by atoms with Gasteiger partial charge < -0.3 is 10.2 Å². The average Bonchev–Trinajstić information content (AvgIpc) is 3.12. The van der Waals surface area contributed by atoms with Gasteiger partial charge in [-0.15, -0.1) is 0 Å². The minimum atomic E-state index is 0.0339. The van der Waals surface area contributed by atoms with Crippen molar-refractivity contribution in [3.05, 3.63) is 29.3 Å². The molecular formula is C20H28N2O2. The minimum Gasteiger partial charge on any atom is -0.342 e. The number of hydrogen-bond donors (Lipinski definition) is 1. The highest BCUT2D eigenvalue weighted by atomic mass is 16.2. The molecule has 130 valence electrons. The van der Waals surface area contributed by atoms with Gasteiger partial charge in [0.2, 0.25) is 11.8 Å². The van der Waals surface area contributed by atoms with E-state index in [9.17, 15) is 9.59 Å². The van der Waals surface area contributed by atoms with Crippen molar-refractivity contribution in [2.45, 2.75) is 52.4 Å². The van der Waals surface area contributed by atoms with Crippen LogP contribution in [0, 0.1) is 25.7 Å². The number of carbonyl (C=O) groups is 2. The summed E-state index contributed by atoms with van der Waals surface area (Å²) in [5, 5.41) is 3.11. The number of para-hydroxylation sites is 1.